The van der Waals surface area contributed by atoms with E-state index < -0.39 is 0 Å². The summed E-state index contributed by atoms with van der Waals surface area (Å²) in [5.74, 6) is 0.994. The Labute approximate surface area is 114 Å². The predicted molar refractivity (Wildman–Crippen MR) is 77.3 cm³/mol. The molecule has 0 fully saturated rings. The molecule has 4 nitrogen and oxygen atoms in total. The van der Waals surface area contributed by atoms with Crippen LogP contribution < -0.4 is 10.6 Å². The third kappa shape index (κ3) is 4.67. The van der Waals surface area contributed by atoms with Crippen LogP contribution in [0.25, 0.3) is 11.0 Å². The van der Waals surface area contributed by atoms with Crippen molar-refractivity contribution in [2.24, 2.45) is 0 Å². The Bertz CT molecular complexity index is 449. The molecule has 2 aromatic rings. The third-order valence-electron chi connectivity index (χ3n) is 2.97. The summed E-state index contributed by atoms with van der Waals surface area (Å²) in [7, 11) is 1.72. The summed E-state index contributed by atoms with van der Waals surface area (Å²) in [4.78, 5) is 0. The van der Waals surface area contributed by atoms with E-state index in [1.54, 1.807) is 7.11 Å². The van der Waals surface area contributed by atoms with E-state index in [9.17, 15) is 0 Å². The lowest BCUT2D eigenvalue weighted by atomic mass is 10.2. The summed E-state index contributed by atoms with van der Waals surface area (Å²) in [6.45, 7) is 4.47. The molecule has 2 N–H and O–H groups in total. The fourth-order valence-electron chi connectivity index (χ4n) is 1.97. The minimum Gasteiger partial charge on any atom is -0.460 e. The number of para-hydroxylation sites is 1. The van der Waals surface area contributed by atoms with E-state index in [-0.39, 0.29) is 0 Å². The zero-order valence-corrected chi connectivity index (χ0v) is 11.4. The molecular weight excluding hydrogens is 240 g/mol. The molecule has 0 saturated heterocycles. The number of nitrogens with one attached hydrogen (secondary N) is 2. The maximum atomic E-state index is 5.73. The molecule has 0 amide bonds. The van der Waals surface area contributed by atoms with Gasteiger partial charge in [0.05, 0.1) is 13.2 Å². The van der Waals surface area contributed by atoms with E-state index in [4.69, 9.17) is 9.15 Å². The summed E-state index contributed by atoms with van der Waals surface area (Å²) in [5, 5.41) is 7.87. The first-order valence-corrected chi connectivity index (χ1v) is 6.78. The SMILES string of the molecule is COCCNCCCNCc1cc2ccccc2o1. The van der Waals surface area contributed by atoms with E-state index >= 15 is 0 Å². The van der Waals surface area contributed by atoms with E-state index in [0.717, 1.165) is 50.5 Å². The van der Waals surface area contributed by atoms with Crippen LogP contribution in [0.4, 0.5) is 0 Å². The summed E-state index contributed by atoms with van der Waals surface area (Å²) in [6, 6.07) is 10.2. The van der Waals surface area contributed by atoms with Gasteiger partial charge in [-0.3, -0.25) is 0 Å². The van der Waals surface area contributed by atoms with E-state index in [1.807, 2.05) is 18.2 Å². The van der Waals surface area contributed by atoms with Gasteiger partial charge in [0.1, 0.15) is 11.3 Å². The average molecular weight is 262 g/mol. The minimum atomic E-state index is 0.770. The van der Waals surface area contributed by atoms with Crippen molar-refractivity contribution in [2.45, 2.75) is 13.0 Å². The van der Waals surface area contributed by atoms with Crippen LogP contribution in [0.2, 0.25) is 0 Å². The Morgan fingerprint density at radius 3 is 2.79 bits per heavy atom. The maximum absolute atomic E-state index is 5.73. The first kappa shape index (κ1) is 14.1. The highest BCUT2D eigenvalue weighted by Crippen LogP contribution is 2.18. The van der Waals surface area contributed by atoms with Gasteiger partial charge in [0.25, 0.3) is 0 Å². The highest BCUT2D eigenvalue weighted by atomic mass is 16.5. The lowest BCUT2D eigenvalue weighted by Crippen LogP contribution is -2.24. The number of hydrogen-bond donors (Lipinski definition) is 2. The zero-order valence-electron chi connectivity index (χ0n) is 11.4. The molecular formula is C15H22N2O2. The Hall–Kier alpha value is -1.36. The highest BCUT2D eigenvalue weighted by Gasteiger charge is 2.01. The topological polar surface area (TPSA) is 46.4 Å². The van der Waals surface area contributed by atoms with Crippen LogP contribution in [0.15, 0.2) is 34.7 Å². The molecule has 0 aliphatic carbocycles. The lowest BCUT2D eigenvalue weighted by Gasteiger charge is -2.04. The van der Waals surface area contributed by atoms with Crippen molar-refractivity contribution in [1.29, 1.82) is 0 Å². The van der Waals surface area contributed by atoms with E-state index in [2.05, 4.69) is 22.8 Å². The molecule has 0 radical (unpaired) electrons. The van der Waals surface area contributed by atoms with Gasteiger partial charge in [-0.25, -0.2) is 0 Å². The van der Waals surface area contributed by atoms with Gasteiger partial charge >= 0.3 is 0 Å². The second-order valence-electron chi connectivity index (χ2n) is 4.52. The van der Waals surface area contributed by atoms with Crippen molar-refractivity contribution in [1.82, 2.24) is 10.6 Å². The Kier molecular flexibility index (Phi) is 5.88. The first-order chi connectivity index (χ1) is 9.40. The number of furan rings is 1. The quantitative estimate of drug-likeness (QED) is 0.680. The third-order valence-corrected chi connectivity index (χ3v) is 2.97. The molecule has 104 valence electrons. The number of benzene rings is 1. The Morgan fingerprint density at radius 1 is 1.11 bits per heavy atom. The van der Waals surface area contributed by atoms with Crippen molar-refractivity contribution in [2.75, 3.05) is 33.4 Å². The molecule has 0 bridgehead atoms. The largest absolute Gasteiger partial charge is 0.460 e. The molecule has 2 rings (SSSR count). The van der Waals surface area contributed by atoms with Gasteiger partial charge in [-0.2, -0.15) is 0 Å². The average Bonchev–Trinajstić information content (AvgIpc) is 2.84. The molecule has 1 aromatic carbocycles. The number of fused-ring (bicyclic) bond motifs is 1. The predicted octanol–water partition coefficient (Wildman–Crippen LogP) is 2.15. The van der Waals surface area contributed by atoms with E-state index in [0.29, 0.717) is 0 Å². The maximum Gasteiger partial charge on any atom is 0.134 e. The number of rotatable bonds is 9. The van der Waals surface area contributed by atoms with Crippen molar-refractivity contribution < 1.29 is 9.15 Å². The van der Waals surface area contributed by atoms with Crippen LogP contribution in [0.3, 0.4) is 0 Å². The van der Waals surface area contributed by atoms with Gasteiger partial charge in [0.2, 0.25) is 0 Å². The van der Waals surface area contributed by atoms with Crippen molar-refractivity contribution in [3.8, 4) is 0 Å². The van der Waals surface area contributed by atoms with Crippen molar-refractivity contribution >= 4 is 11.0 Å². The molecule has 1 aromatic heterocycles. The fourth-order valence-corrected chi connectivity index (χ4v) is 1.97. The molecule has 1 heterocycles. The van der Waals surface area contributed by atoms with Crippen molar-refractivity contribution in [3.05, 3.63) is 36.1 Å². The number of ether oxygens (including phenoxy) is 1. The second-order valence-corrected chi connectivity index (χ2v) is 4.52. The van der Waals surface area contributed by atoms with Crippen molar-refractivity contribution in [3.63, 3.8) is 0 Å². The lowest BCUT2D eigenvalue weighted by molar-refractivity contribution is 0.199. The first-order valence-electron chi connectivity index (χ1n) is 6.78. The van der Waals surface area contributed by atoms with Crippen LogP contribution in [-0.4, -0.2) is 33.4 Å². The molecule has 19 heavy (non-hydrogen) atoms. The summed E-state index contributed by atoms with van der Waals surface area (Å²) < 4.78 is 10.7. The minimum absolute atomic E-state index is 0.770. The fraction of sp³-hybridized carbons (Fsp3) is 0.467. The van der Waals surface area contributed by atoms with Crippen LogP contribution in [0.5, 0.6) is 0 Å². The van der Waals surface area contributed by atoms with Gasteiger partial charge in [-0.05, 0) is 31.6 Å². The molecule has 0 spiro atoms. The van der Waals surface area contributed by atoms with Gasteiger partial charge in [0, 0.05) is 19.0 Å². The molecule has 0 aliphatic rings. The van der Waals surface area contributed by atoms with E-state index in [1.165, 1.54) is 5.39 Å². The molecule has 0 atom stereocenters. The van der Waals surface area contributed by atoms with Gasteiger partial charge in [-0.15, -0.1) is 0 Å². The molecule has 4 heteroatoms. The summed E-state index contributed by atoms with van der Waals surface area (Å²) >= 11 is 0. The van der Waals surface area contributed by atoms with Crippen LogP contribution in [0, 0.1) is 0 Å². The van der Waals surface area contributed by atoms with Gasteiger partial charge < -0.3 is 19.8 Å². The second kappa shape index (κ2) is 7.94. The summed E-state index contributed by atoms with van der Waals surface area (Å²) in [6.07, 6.45) is 1.10. The zero-order chi connectivity index (χ0) is 13.3. The standard InChI is InChI=1S/C15H22N2O2/c1-18-10-9-16-7-4-8-17-12-14-11-13-5-2-3-6-15(13)19-14/h2-3,5-6,11,16-17H,4,7-10,12H2,1H3. The Morgan fingerprint density at radius 2 is 1.95 bits per heavy atom. The van der Waals surface area contributed by atoms with Gasteiger partial charge in [-0.1, -0.05) is 18.2 Å². The van der Waals surface area contributed by atoms with Crippen LogP contribution >= 0.6 is 0 Å². The molecule has 0 aliphatic heterocycles. The molecule has 0 saturated carbocycles. The molecule has 0 unspecified atom stereocenters. The van der Waals surface area contributed by atoms with Gasteiger partial charge in [0.15, 0.2) is 0 Å². The summed E-state index contributed by atoms with van der Waals surface area (Å²) in [5.41, 5.74) is 0.959. The highest BCUT2D eigenvalue weighted by molar-refractivity contribution is 5.77. The number of hydrogen-bond acceptors (Lipinski definition) is 4. The monoisotopic (exact) mass is 262 g/mol. The van der Waals surface area contributed by atoms with Crippen LogP contribution in [0.1, 0.15) is 12.2 Å². The van der Waals surface area contributed by atoms with Crippen LogP contribution in [-0.2, 0) is 11.3 Å². The Balaban J connectivity index is 1.60. The normalized spacial score (nSPS) is 11.2. The number of methoxy groups -OCH3 is 1. The smallest absolute Gasteiger partial charge is 0.134 e.